The molecular formula is C10H15F2N2O2S+. The van der Waals surface area contributed by atoms with E-state index >= 15 is 0 Å². The lowest BCUT2D eigenvalue weighted by Crippen LogP contribution is -3.06. The Labute approximate surface area is 99.3 Å². The summed E-state index contributed by atoms with van der Waals surface area (Å²) >= 11 is 0. The van der Waals surface area contributed by atoms with Crippen LogP contribution in [0.2, 0.25) is 0 Å². The second-order valence-electron chi connectivity index (χ2n) is 3.91. The monoisotopic (exact) mass is 265 g/mol. The zero-order valence-electron chi connectivity index (χ0n) is 9.63. The van der Waals surface area contributed by atoms with Crippen molar-refractivity contribution in [3.05, 3.63) is 29.8 Å². The fraction of sp³-hybridized carbons (Fsp3) is 0.400. The van der Waals surface area contributed by atoms with Gasteiger partial charge in [0.2, 0.25) is 10.0 Å². The Morgan fingerprint density at radius 2 is 1.76 bits per heavy atom. The van der Waals surface area contributed by atoms with Crippen LogP contribution in [-0.4, -0.2) is 35.6 Å². The van der Waals surface area contributed by atoms with Gasteiger partial charge in [0.25, 0.3) is 0 Å². The molecule has 0 aromatic heterocycles. The summed E-state index contributed by atoms with van der Waals surface area (Å²) in [6, 6.07) is 2.94. The van der Waals surface area contributed by atoms with Crippen LogP contribution in [-0.2, 0) is 10.0 Å². The number of halogens is 2. The fourth-order valence-corrected chi connectivity index (χ4v) is 2.41. The molecule has 0 atom stereocenters. The molecule has 1 aromatic carbocycles. The Morgan fingerprint density at radius 3 is 2.24 bits per heavy atom. The van der Waals surface area contributed by atoms with E-state index in [1.807, 2.05) is 14.1 Å². The topological polar surface area (TPSA) is 50.6 Å². The maximum absolute atomic E-state index is 13.3. The van der Waals surface area contributed by atoms with Gasteiger partial charge in [0, 0.05) is 0 Å². The summed E-state index contributed by atoms with van der Waals surface area (Å²) in [5.41, 5.74) is 0. The molecule has 1 rings (SSSR count). The van der Waals surface area contributed by atoms with Gasteiger partial charge in [0.1, 0.15) is 11.6 Å². The molecule has 0 saturated carbocycles. The van der Waals surface area contributed by atoms with Gasteiger partial charge >= 0.3 is 0 Å². The molecule has 2 N–H and O–H groups in total. The van der Waals surface area contributed by atoms with Crippen LogP contribution in [0.15, 0.2) is 23.1 Å². The summed E-state index contributed by atoms with van der Waals surface area (Å²) in [6.45, 7) is 0.647. The summed E-state index contributed by atoms with van der Waals surface area (Å²) in [6.07, 6.45) is 0. The Kier molecular flexibility index (Phi) is 4.55. The maximum atomic E-state index is 13.3. The van der Waals surface area contributed by atoms with Crippen molar-refractivity contribution in [1.82, 2.24) is 4.72 Å². The van der Waals surface area contributed by atoms with Crippen molar-refractivity contribution in [2.75, 3.05) is 27.2 Å². The molecule has 0 unspecified atom stereocenters. The largest absolute Gasteiger partial charge is 0.339 e. The molecule has 0 amide bonds. The molecule has 0 heterocycles. The van der Waals surface area contributed by atoms with Crippen molar-refractivity contribution in [1.29, 1.82) is 0 Å². The number of hydrogen-bond donors (Lipinski definition) is 2. The van der Waals surface area contributed by atoms with Gasteiger partial charge in [-0.15, -0.1) is 0 Å². The molecule has 0 spiro atoms. The predicted octanol–water partition coefficient (Wildman–Crippen LogP) is -0.612. The lowest BCUT2D eigenvalue weighted by molar-refractivity contribution is -0.856. The average molecular weight is 265 g/mol. The van der Waals surface area contributed by atoms with E-state index in [9.17, 15) is 17.2 Å². The van der Waals surface area contributed by atoms with Gasteiger partial charge in [0.15, 0.2) is 4.90 Å². The Morgan fingerprint density at radius 1 is 1.24 bits per heavy atom. The van der Waals surface area contributed by atoms with Crippen molar-refractivity contribution in [2.45, 2.75) is 4.90 Å². The molecule has 0 radical (unpaired) electrons. The second kappa shape index (κ2) is 5.52. The summed E-state index contributed by atoms with van der Waals surface area (Å²) in [4.78, 5) is 0.107. The predicted molar refractivity (Wildman–Crippen MR) is 59.2 cm³/mol. The van der Waals surface area contributed by atoms with Crippen LogP contribution in [0.1, 0.15) is 0 Å². The minimum Gasteiger partial charge on any atom is -0.339 e. The average Bonchev–Trinajstić information content (AvgIpc) is 2.15. The molecule has 0 bridgehead atoms. The molecule has 0 aliphatic rings. The number of sulfonamides is 1. The lowest BCUT2D eigenvalue weighted by Gasteiger charge is -2.10. The first kappa shape index (κ1) is 14.0. The molecule has 0 aliphatic heterocycles. The summed E-state index contributed by atoms with van der Waals surface area (Å²) in [7, 11) is -0.440. The normalized spacial score (nSPS) is 12.1. The smallest absolute Gasteiger partial charge is 0.246 e. The summed E-state index contributed by atoms with van der Waals surface area (Å²) < 4.78 is 52.0. The quantitative estimate of drug-likeness (QED) is 0.746. The highest BCUT2D eigenvalue weighted by atomic mass is 32.2. The van der Waals surface area contributed by atoms with Crippen LogP contribution < -0.4 is 9.62 Å². The minimum absolute atomic E-state index is 0.123. The number of hydrogen-bond acceptors (Lipinski definition) is 2. The highest BCUT2D eigenvalue weighted by Gasteiger charge is 2.23. The molecule has 17 heavy (non-hydrogen) atoms. The summed E-state index contributed by atoms with van der Waals surface area (Å²) in [5.74, 6) is -2.18. The first-order valence-corrected chi connectivity index (χ1v) is 6.55. The third-order valence-electron chi connectivity index (χ3n) is 2.10. The molecule has 0 aliphatic carbocycles. The van der Waals surface area contributed by atoms with Gasteiger partial charge in [-0.2, -0.15) is 0 Å². The van der Waals surface area contributed by atoms with Crippen LogP contribution in [0.4, 0.5) is 8.78 Å². The van der Waals surface area contributed by atoms with Gasteiger partial charge in [-0.3, -0.25) is 0 Å². The molecular weight excluding hydrogens is 250 g/mol. The van der Waals surface area contributed by atoms with E-state index in [0.29, 0.717) is 6.54 Å². The van der Waals surface area contributed by atoms with Crippen molar-refractivity contribution < 1.29 is 22.1 Å². The Bertz CT molecular complexity index is 469. The minimum atomic E-state index is -4.13. The van der Waals surface area contributed by atoms with Gasteiger partial charge in [-0.05, 0) is 12.1 Å². The third-order valence-corrected chi connectivity index (χ3v) is 3.62. The molecule has 1 aromatic rings. The third kappa shape index (κ3) is 3.72. The SMILES string of the molecule is C[NH+](C)CCNS(=O)(=O)c1c(F)cccc1F. The standard InChI is InChI=1S/C10H14F2N2O2S/c1-14(2)7-6-13-17(15,16)10-8(11)4-3-5-9(10)12/h3-5,13H,6-7H2,1-2H3/p+1. The molecule has 7 heteroatoms. The highest BCUT2D eigenvalue weighted by molar-refractivity contribution is 7.89. The number of nitrogens with one attached hydrogen (secondary N) is 2. The number of benzene rings is 1. The first-order chi connectivity index (χ1) is 7.84. The van der Waals surface area contributed by atoms with E-state index in [1.54, 1.807) is 0 Å². The van der Waals surface area contributed by atoms with Gasteiger partial charge in [-0.25, -0.2) is 21.9 Å². The van der Waals surface area contributed by atoms with E-state index in [0.717, 1.165) is 23.1 Å². The van der Waals surface area contributed by atoms with E-state index < -0.39 is 26.6 Å². The lowest BCUT2D eigenvalue weighted by atomic mass is 10.3. The van der Waals surface area contributed by atoms with Crippen molar-refractivity contribution >= 4 is 10.0 Å². The number of rotatable bonds is 5. The maximum Gasteiger partial charge on any atom is 0.246 e. The molecule has 96 valence electrons. The second-order valence-corrected chi connectivity index (χ2v) is 5.61. The van der Waals surface area contributed by atoms with Gasteiger partial charge in [-0.1, -0.05) is 6.07 Å². The Balaban J connectivity index is 2.90. The van der Waals surface area contributed by atoms with Gasteiger partial charge < -0.3 is 4.90 Å². The number of likely N-dealkylation sites (N-methyl/N-ethyl adjacent to an activating group) is 1. The summed E-state index contributed by atoms with van der Waals surface area (Å²) in [5, 5.41) is 0. The van der Waals surface area contributed by atoms with Crippen molar-refractivity contribution in [3.63, 3.8) is 0 Å². The van der Waals surface area contributed by atoms with Crippen LogP contribution in [0, 0.1) is 11.6 Å². The van der Waals surface area contributed by atoms with Crippen molar-refractivity contribution in [3.8, 4) is 0 Å². The van der Waals surface area contributed by atoms with Crippen LogP contribution in [0.5, 0.6) is 0 Å². The molecule has 0 saturated heterocycles. The van der Waals surface area contributed by atoms with Crippen LogP contribution >= 0.6 is 0 Å². The molecule has 0 fully saturated rings. The van der Waals surface area contributed by atoms with E-state index in [4.69, 9.17) is 0 Å². The van der Waals surface area contributed by atoms with Gasteiger partial charge in [0.05, 0.1) is 27.2 Å². The zero-order valence-corrected chi connectivity index (χ0v) is 10.4. The highest BCUT2D eigenvalue weighted by Crippen LogP contribution is 2.17. The molecule has 4 nitrogen and oxygen atoms in total. The van der Waals surface area contributed by atoms with Crippen LogP contribution in [0.3, 0.4) is 0 Å². The van der Waals surface area contributed by atoms with Crippen LogP contribution in [0.25, 0.3) is 0 Å². The Hall–Kier alpha value is -1.05. The van der Waals surface area contributed by atoms with Crippen molar-refractivity contribution in [2.24, 2.45) is 0 Å². The fourth-order valence-electron chi connectivity index (χ4n) is 1.25. The first-order valence-electron chi connectivity index (χ1n) is 5.07. The number of quaternary nitrogens is 1. The van der Waals surface area contributed by atoms with E-state index in [-0.39, 0.29) is 6.54 Å². The van der Waals surface area contributed by atoms with E-state index in [2.05, 4.69) is 4.72 Å². The zero-order chi connectivity index (χ0) is 13.1. The van der Waals surface area contributed by atoms with E-state index in [1.165, 1.54) is 0 Å².